The zero-order valence-corrected chi connectivity index (χ0v) is 10.9. The van der Waals surface area contributed by atoms with E-state index in [4.69, 9.17) is 4.42 Å². The summed E-state index contributed by atoms with van der Waals surface area (Å²) < 4.78 is 5.35. The molecule has 0 bridgehead atoms. The smallest absolute Gasteiger partial charge is 0.255 e. The van der Waals surface area contributed by atoms with Gasteiger partial charge in [-0.1, -0.05) is 29.8 Å². The monoisotopic (exact) mass is 243 g/mol. The van der Waals surface area contributed by atoms with Gasteiger partial charge in [-0.3, -0.25) is 4.79 Å². The summed E-state index contributed by atoms with van der Waals surface area (Å²) in [6.45, 7) is 6.21. The molecule has 1 amide bonds. The van der Waals surface area contributed by atoms with Crippen LogP contribution in [0.1, 0.15) is 33.0 Å². The van der Waals surface area contributed by atoms with E-state index in [1.54, 1.807) is 13.0 Å². The molecule has 1 aromatic heterocycles. The van der Waals surface area contributed by atoms with Crippen molar-refractivity contribution in [2.45, 2.75) is 27.3 Å². The predicted molar refractivity (Wildman–Crippen MR) is 70.5 cm³/mol. The van der Waals surface area contributed by atoms with Gasteiger partial charge in [0.15, 0.2) is 0 Å². The van der Waals surface area contributed by atoms with Crippen LogP contribution in [0.4, 0.5) is 0 Å². The van der Waals surface area contributed by atoms with Gasteiger partial charge >= 0.3 is 0 Å². The fourth-order valence-electron chi connectivity index (χ4n) is 1.96. The number of hydrogen-bond donors (Lipinski definition) is 1. The Bertz CT molecular complexity index is 570. The van der Waals surface area contributed by atoms with Gasteiger partial charge in [-0.2, -0.15) is 0 Å². The first-order chi connectivity index (χ1) is 8.56. The van der Waals surface area contributed by atoms with Crippen molar-refractivity contribution >= 4 is 5.91 Å². The highest BCUT2D eigenvalue weighted by Crippen LogP contribution is 2.13. The van der Waals surface area contributed by atoms with E-state index in [9.17, 15) is 4.79 Å². The van der Waals surface area contributed by atoms with Crippen molar-refractivity contribution in [1.82, 2.24) is 5.32 Å². The maximum atomic E-state index is 12.0. The van der Waals surface area contributed by atoms with Gasteiger partial charge in [0.25, 0.3) is 5.91 Å². The first-order valence-corrected chi connectivity index (χ1v) is 5.97. The van der Waals surface area contributed by atoms with E-state index in [1.165, 1.54) is 5.56 Å². The lowest BCUT2D eigenvalue weighted by atomic mass is 10.1. The molecule has 2 aromatic rings. The van der Waals surface area contributed by atoms with Gasteiger partial charge in [0.1, 0.15) is 11.5 Å². The molecule has 0 saturated carbocycles. The minimum absolute atomic E-state index is 0.0918. The van der Waals surface area contributed by atoms with Crippen molar-refractivity contribution in [2.24, 2.45) is 0 Å². The van der Waals surface area contributed by atoms with Crippen LogP contribution in [0.15, 0.2) is 34.7 Å². The number of nitrogens with one attached hydrogen (secondary N) is 1. The summed E-state index contributed by atoms with van der Waals surface area (Å²) in [4.78, 5) is 12.0. The number of hydrogen-bond acceptors (Lipinski definition) is 2. The summed E-state index contributed by atoms with van der Waals surface area (Å²) >= 11 is 0. The highest BCUT2D eigenvalue weighted by molar-refractivity contribution is 5.95. The summed E-state index contributed by atoms with van der Waals surface area (Å²) in [6, 6.07) is 9.86. The average Bonchev–Trinajstić information content (AvgIpc) is 2.66. The molecule has 0 atom stereocenters. The quantitative estimate of drug-likeness (QED) is 0.899. The van der Waals surface area contributed by atoms with Crippen LogP contribution in [0, 0.1) is 20.8 Å². The van der Waals surface area contributed by atoms with E-state index in [2.05, 4.69) is 11.4 Å². The second-order valence-electron chi connectivity index (χ2n) is 4.50. The molecule has 0 aliphatic rings. The SMILES string of the molecule is Cc1cccc(CNC(=O)c2cc(C)oc2C)c1. The molecule has 3 nitrogen and oxygen atoms in total. The Balaban J connectivity index is 2.03. The summed E-state index contributed by atoms with van der Waals surface area (Å²) in [7, 11) is 0. The molecule has 0 spiro atoms. The van der Waals surface area contributed by atoms with E-state index in [0.717, 1.165) is 11.3 Å². The molecule has 94 valence electrons. The van der Waals surface area contributed by atoms with Crippen LogP contribution in [-0.4, -0.2) is 5.91 Å². The molecule has 0 aliphatic heterocycles. The number of carbonyl (C=O) groups excluding carboxylic acids is 1. The second-order valence-corrected chi connectivity index (χ2v) is 4.50. The average molecular weight is 243 g/mol. The number of amides is 1. The zero-order chi connectivity index (χ0) is 13.1. The third kappa shape index (κ3) is 2.80. The number of aryl methyl sites for hydroxylation is 3. The van der Waals surface area contributed by atoms with Crippen LogP contribution in [-0.2, 0) is 6.54 Å². The molecule has 1 aromatic carbocycles. The number of benzene rings is 1. The molecule has 18 heavy (non-hydrogen) atoms. The van der Waals surface area contributed by atoms with E-state index >= 15 is 0 Å². The van der Waals surface area contributed by atoms with Gasteiger partial charge in [0.05, 0.1) is 5.56 Å². The third-order valence-electron chi connectivity index (χ3n) is 2.82. The van der Waals surface area contributed by atoms with E-state index in [1.807, 2.05) is 32.0 Å². The van der Waals surface area contributed by atoms with Crippen molar-refractivity contribution in [3.63, 3.8) is 0 Å². The van der Waals surface area contributed by atoms with Gasteiger partial charge in [0, 0.05) is 6.54 Å². The van der Waals surface area contributed by atoms with Crippen molar-refractivity contribution in [1.29, 1.82) is 0 Å². The Morgan fingerprint density at radius 1 is 1.22 bits per heavy atom. The molecule has 0 saturated heterocycles. The summed E-state index contributed by atoms with van der Waals surface area (Å²) in [5, 5.41) is 2.90. The molecule has 1 N–H and O–H groups in total. The lowest BCUT2D eigenvalue weighted by Gasteiger charge is -2.05. The lowest BCUT2D eigenvalue weighted by Crippen LogP contribution is -2.22. The topological polar surface area (TPSA) is 42.2 Å². The molecular weight excluding hydrogens is 226 g/mol. The molecule has 0 fully saturated rings. The Morgan fingerprint density at radius 2 is 2.00 bits per heavy atom. The fraction of sp³-hybridized carbons (Fsp3) is 0.267. The Hall–Kier alpha value is -2.03. The van der Waals surface area contributed by atoms with Crippen LogP contribution in [0.2, 0.25) is 0 Å². The first-order valence-electron chi connectivity index (χ1n) is 5.97. The maximum Gasteiger partial charge on any atom is 0.255 e. The van der Waals surface area contributed by atoms with Crippen molar-refractivity contribution < 1.29 is 9.21 Å². The van der Waals surface area contributed by atoms with Crippen molar-refractivity contribution in [3.8, 4) is 0 Å². The standard InChI is InChI=1S/C15H17NO2/c1-10-5-4-6-13(7-10)9-16-15(17)14-8-11(2)18-12(14)3/h4-8H,9H2,1-3H3,(H,16,17). The largest absolute Gasteiger partial charge is 0.466 e. The van der Waals surface area contributed by atoms with Crippen molar-refractivity contribution in [3.05, 3.63) is 58.5 Å². The minimum Gasteiger partial charge on any atom is -0.466 e. The third-order valence-corrected chi connectivity index (χ3v) is 2.82. The molecule has 0 aliphatic carbocycles. The Morgan fingerprint density at radius 3 is 2.61 bits per heavy atom. The van der Waals surface area contributed by atoms with E-state index < -0.39 is 0 Å². The molecule has 0 unspecified atom stereocenters. The van der Waals surface area contributed by atoms with E-state index in [0.29, 0.717) is 17.9 Å². The molecule has 1 heterocycles. The van der Waals surface area contributed by atoms with Gasteiger partial charge in [0.2, 0.25) is 0 Å². The van der Waals surface area contributed by atoms with Gasteiger partial charge in [-0.25, -0.2) is 0 Å². The van der Waals surface area contributed by atoms with Gasteiger partial charge in [-0.05, 0) is 32.4 Å². The molecule has 0 radical (unpaired) electrons. The minimum atomic E-state index is -0.0918. The normalized spacial score (nSPS) is 10.4. The zero-order valence-electron chi connectivity index (χ0n) is 10.9. The molecular formula is C15H17NO2. The van der Waals surface area contributed by atoms with Gasteiger partial charge in [-0.15, -0.1) is 0 Å². The summed E-state index contributed by atoms with van der Waals surface area (Å²) in [6.07, 6.45) is 0. The van der Waals surface area contributed by atoms with Crippen LogP contribution >= 0.6 is 0 Å². The number of furan rings is 1. The van der Waals surface area contributed by atoms with Crippen LogP contribution in [0.3, 0.4) is 0 Å². The first kappa shape index (κ1) is 12.4. The molecule has 3 heteroatoms. The van der Waals surface area contributed by atoms with E-state index in [-0.39, 0.29) is 5.91 Å². The van der Waals surface area contributed by atoms with Crippen molar-refractivity contribution in [2.75, 3.05) is 0 Å². The summed E-state index contributed by atoms with van der Waals surface area (Å²) in [5.74, 6) is 1.33. The maximum absolute atomic E-state index is 12.0. The fourth-order valence-corrected chi connectivity index (χ4v) is 1.96. The highest BCUT2D eigenvalue weighted by atomic mass is 16.3. The van der Waals surface area contributed by atoms with Gasteiger partial charge < -0.3 is 9.73 Å². The van der Waals surface area contributed by atoms with Crippen LogP contribution < -0.4 is 5.32 Å². The highest BCUT2D eigenvalue weighted by Gasteiger charge is 2.12. The number of carbonyl (C=O) groups is 1. The second kappa shape index (κ2) is 5.08. The Labute approximate surface area is 107 Å². The molecule has 2 rings (SSSR count). The Kier molecular flexibility index (Phi) is 3.51. The predicted octanol–water partition coefficient (Wildman–Crippen LogP) is 3.13. The van der Waals surface area contributed by atoms with Crippen LogP contribution in [0.5, 0.6) is 0 Å². The van der Waals surface area contributed by atoms with Crippen LogP contribution in [0.25, 0.3) is 0 Å². The number of rotatable bonds is 3. The lowest BCUT2D eigenvalue weighted by molar-refractivity contribution is 0.0949. The summed E-state index contributed by atoms with van der Waals surface area (Å²) in [5.41, 5.74) is 2.90.